The lowest BCUT2D eigenvalue weighted by Gasteiger charge is -2.39. The molecule has 1 aliphatic heterocycles. The van der Waals surface area contributed by atoms with E-state index in [1.807, 2.05) is 30.0 Å². The predicted molar refractivity (Wildman–Crippen MR) is 141 cm³/mol. The lowest BCUT2D eigenvalue weighted by atomic mass is 9.92. The first kappa shape index (κ1) is 26.9. The number of pyridine rings is 1. The Morgan fingerprint density at radius 2 is 1.80 bits per heavy atom. The molecule has 0 radical (unpaired) electrons. The Bertz CT molecular complexity index is 1650. The number of nitrogens with one attached hydrogen (secondary N) is 1. The molecule has 2 aromatic heterocycles. The number of fused-ring (bicyclic) bond motifs is 1. The largest absolute Gasteiger partial charge is 0.491 e. The Balaban J connectivity index is 1.43. The SMILES string of the molecule is Cc1cc(C(C)Nc2ccccc2C(=O)OC(=O)C(F)(F)F)c2oc(N3CC(c4ccncc4)C3)cc(=O)c2c1. The number of hydrogen-bond acceptors (Lipinski definition) is 8. The molecule has 0 saturated carbocycles. The van der Waals surface area contributed by atoms with Gasteiger partial charge in [-0.3, -0.25) is 9.78 Å². The number of aromatic nitrogens is 1. The lowest BCUT2D eigenvalue weighted by Crippen LogP contribution is -2.45. The summed E-state index contributed by atoms with van der Waals surface area (Å²) in [6.07, 6.45) is -1.83. The summed E-state index contributed by atoms with van der Waals surface area (Å²) in [5.41, 5.74) is 2.58. The van der Waals surface area contributed by atoms with Gasteiger partial charge in [0.2, 0.25) is 0 Å². The molecule has 0 spiro atoms. The summed E-state index contributed by atoms with van der Waals surface area (Å²) < 4.78 is 48.1. The van der Waals surface area contributed by atoms with Crippen LogP contribution in [0.2, 0.25) is 0 Å². The van der Waals surface area contributed by atoms with E-state index >= 15 is 0 Å². The highest BCUT2D eigenvalue weighted by molar-refractivity contribution is 6.02. The summed E-state index contributed by atoms with van der Waals surface area (Å²) in [6, 6.07) is 14.1. The number of benzene rings is 2. The average molecular weight is 552 g/mol. The second-order valence-electron chi connectivity index (χ2n) is 9.65. The number of aryl methyl sites for hydroxylation is 1. The number of carbonyl (C=O) groups is 2. The molecule has 1 unspecified atom stereocenters. The van der Waals surface area contributed by atoms with E-state index in [1.165, 1.54) is 24.3 Å². The van der Waals surface area contributed by atoms with Gasteiger partial charge in [-0.2, -0.15) is 13.2 Å². The Hall–Kier alpha value is -4.67. The second-order valence-corrected chi connectivity index (χ2v) is 9.65. The fourth-order valence-corrected chi connectivity index (χ4v) is 4.70. The van der Waals surface area contributed by atoms with Gasteiger partial charge >= 0.3 is 18.1 Å². The summed E-state index contributed by atoms with van der Waals surface area (Å²) >= 11 is 0. The number of carbonyl (C=O) groups excluding carboxylic acids is 2. The Labute approximate surface area is 226 Å². The van der Waals surface area contributed by atoms with Gasteiger partial charge in [0.15, 0.2) is 11.3 Å². The molecule has 1 N–H and O–H groups in total. The van der Waals surface area contributed by atoms with E-state index < -0.39 is 24.2 Å². The Kier molecular flexibility index (Phi) is 7.05. The minimum Gasteiger partial charge on any atom is -0.440 e. The monoisotopic (exact) mass is 551 g/mol. The van der Waals surface area contributed by atoms with E-state index in [-0.39, 0.29) is 22.6 Å². The maximum atomic E-state index is 13.1. The summed E-state index contributed by atoms with van der Waals surface area (Å²) in [5, 5.41) is 3.47. The van der Waals surface area contributed by atoms with Gasteiger partial charge in [0.05, 0.1) is 17.0 Å². The van der Waals surface area contributed by atoms with Crippen molar-refractivity contribution >= 4 is 34.5 Å². The number of hydrogen-bond donors (Lipinski definition) is 1. The summed E-state index contributed by atoms with van der Waals surface area (Å²) in [5.74, 6) is -3.34. The first-order valence-corrected chi connectivity index (χ1v) is 12.4. The standard InChI is InChI=1S/C29H24F3N3O5/c1-16-11-21(17(2)34-23-6-4-3-5-20(23)27(37)40-28(38)29(30,31)32)26-22(12-16)24(36)13-25(39-26)35-14-19(15-35)18-7-9-33-10-8-18/h3-13,17,19,34H,14-15H2,1-2H3. The van der Waals surface area contributed by atoms with Gasteiger partial charge < -0.3 is 19.4 Å². The van der Waals surface area contributed by atoms with Crippen LogP contribution in [0, 0.1) is 6.92 Å². The van der Waals surface area contributed by atoms with Crippen LogP contribution >= 0.6 is 0 Å². The van der Waals surface area contributed by atoms with Crippen LogP contribution in [0.3, 0.4) is 0 Å². The third-order valence-electron chi connectivity index (χ3n) is 6.76. The molecule has 0 amide bonds. The molecule has 0 bridgehead atoms. The van der Waals surface area contributed by atoms with Gasteiger partial charge in [0.25, 0.3) is 0 Å². The smallest absolute Gasteiger partial charge is 0.440 e. The highest BCUT2D eigenvalue weighted by Crippen LogP contribution is 2.35. The maximum absolute atomic E-state index is 13.1. The molecule has 8 nitrogen and oxygen atoms in total. The molecular formula is C29H24F3N3O5. The second kappa shape index (κ2) is 10.5. The van der Waals surface area contributed by atoms with Gasteiger partial charge in [-0.05, 0) is 55.3 Å². The Morgan fingerprint density at radius 1 is 1.10 bits per heavy atom. The minimum atomic E-state index is -5.31. The number of rotatable bonds is 6. The van der Waals surface area contributed by atoms with Crippen molar-refractivity contribution in [2.24, 2.45) is 0 Å². The third kappa shape index (κ3) is 5.40. The van der Waals surface area contributed by atoms with Crippen LogP contribution in [0.1, 0.15) is 45.9 Å². The summed E-state index contributed by atoms with van der Waals surface area (Å²) in [6.45, 7) is 4.91. The minimum absolute atomic E-state index is 0.145. The molecule has 3 heterocycles. The summed E-state index contributed by atoms with van der Waals surface area (Å²) in [7, 11) is 0. The average Bonchev–Trinajstić information content (AvgIpc) is 2.88. The van der Waals surface area contributed by atoms with Crippen LogP contribution in [-0.2, 0) is 9.53 Å². The van der Waals surface area contributed by atoms with E-state index in [0.717, 1.165) is 11.1 Å². The molecule has 40 heavy (non-hydrogen) atoms. The zero-order valence-electron chi connectivity index (χ0n) is 21.5. The Morgan fingerprint density at radius 3 is 2.50 bits per heavy atom. The first-order chi connectivity index (χ1) is 19.0. The van der Waals surface area contributed by atoms with Crippen LogP contribution in [0.15, 0.2) is 76.2 Å². The third-order valence-corrected chi connectivity index (χ3v) is 6.76. The predicted octanol–water partition coefficient (Wildman–Crippen LogP) is 5.52. The molecule has 1 aliphatic rings. The van der Waals surface area contributed by atoms with Crippen molar-refractivity contribution in [1.29, 1.82) is 0 Å². The molecule has 1 saturated heterocycles. The van der Waals surface area contributed by atoms with Crippen LogP contribution in [0.25, 0.3) is 11.0 Å². The topological polar surface area (TPSA) is 102 Å². The van der Waals surface area contributed by atoms with Crippen molar-refractivity contribution in [2.75, 3.05) is 23.3 Å². The molecule has 1 atom stereocenters. The molecule has 1 fully saturated rings. The number of nitrogens with zero attached hydrogens (tertiary/aromatic N) is 2. The van der Waals surface area contributed by atoms with Crippen LogP contribution in [0.5, 0.6) is 0 Å². The van der Waals surface area contributed by atoms with Gasteiger partial charge in [0.1, 0.15) is 5.58 Å². The van der Waals surface area contributed by atoms with Crippen LogP contribution < -0.4 is 15.6 Å². The van der Waals surface area contributed by atoms with Crippen molar-refractivity contribution in [3.8, 4) is 0 Å². The van der Waals surface area contributed by atoms with Crippen LogP contribution in [-0.4, -0.2) is 36.2 Å². The van der Waals surface area contributed by atoms with Gasteiger partial charge in [-0.1, -0.05) is 18.2 Å². The fourth-order valence-electron chi connectivity index (χ4n) is 4.70. The van der Waals surface area contributed by atoms with Crippen molar-refractivity contribution in [3.63, 3.8) is 0 Å². The number of para-hydroxylation sites is 1. The van der Waals surface area contributed by atoms with Crippen molar-refractivity contribution in [3.05, 3.63) is 99.5 Å². The first-order valence-electron chi connectivity index (χ1n) is 12.4. The summed E-state index contributed by atoms with van der Waals surface area (Å²) in [4.78, 5) is 42.7. The quantitative estimate of drug-likeness (QED) is 0.247. The van der Waals surface area contributed by atoms with Crippen molar-refractivity contribution in [2.45, 2.75) is 32.0 Å². The lowest BCUT2D eigenvalue weighted by molar-refractivity contribution is -0.193. The molecule has 5 rings (SSSR count). The maximum Gasteiger partial charge on any atom is 0.491 e. The molecular weight excluding hydrogens is 527 g/mol. The fraction of sp³-hybridized carbons (Fsp3) is 0.241. The molecule has 0 aliphatic carbocycles. The van der Waals surface area contributed by atoms with E-state index in [0.29, 0.717) is 35.5 Å². The van der Waals surface area contributed by atoms with E-state index in [4.69, 9.17) is 4.42 Å². The molecule has 11 heteroatoms. The van der Waals surface area contributed by atoms with Gasteiger partial charge in [-0.15, -0.1) is 0 Å². The highest BCUT2D eigenvalue weighted by atomic mass is 19.4. The highest BCUT2D eigenvalue weighted by Gasteiger charge is 2.42. The van der Waals surface area contributed by atoms with Crippen molar-refractivity contribution in [1.82, 2.24) is 4.98 Å². The van der Waals surface area contributed by atoms with Crippen LogP contribution in [0.4, 0.5) is 24.7 Å². The zero-order valence-corrected chi connectivity index (χ0v) is 21.5. The molecule has 4 aromatic rings. The number of anilines is 2. The molecule has 206 valence electrons. The number of halogens is 3. The number of alkyl halides is 3. The zero-order chi connectivity index (χ0) is 28.6. The van der Waals surface area contributed by atoms with E-state index in [2.05, 4.69) is 15.0 Å². The van der Waals surface area contributed by atoms with E-state index in [9.17, 15) is 27.6 Å². The van der Waals surface area contributed by atoms with Gasteiger partial charge in [0, 0.05) is 48.7 Å². The van der Waals surface area contributed by atoms with E-state index in [1.54, 1.807) is 31.5 Å². The molecule has 2 aromatic carbocycles. The van der Waals surface area contributed by atoms with Crippen molar-refractivity contribution < 1.29 is 31.9 Å². The normalized spacial score (nSPS) is 14.5. The number of esters is 2. The number of ether oxygens (including phenoxy) is 1. The van der Waals surface area contributed by atoms with Gasteiger partial charge in [-0.25, -0.2) is 9.59 Å².